The number of carbonyl (C=O) groups excluding carboxylic acids is 1. The molecule has 4 nitrogen and oxygen atoms in total. The van der Waals surface area contributed by atoms with Gasteiger partial charge in [-0.15, -0.1) is 11.3 Å². The average Bonchev–Trinajstić information content (AvgIpc) is 3.54. The molecule has 47 heavy (non-hydrogen) atoms. The second kappa shape index (κ2) is 14.2. The van der Waals surface area contributed by atoms with Crippen molar-refractivity contribution < 1.29 is 13.6 Å². The van der Waals surface area contributed by atoms with Gasteiger partial charge in [-0.1, -0.05) is 79.7 Å². The predicted octanol–water partition coefficient (Wildman–Crippen LogP) is 12.3. The second-order valence-corrected chi connectivity index (χ2v) is 29.0. The molecule has 0 bridgehead atoms. The molecule has 0 saturated heterocycles. The van der Waals surface area contributed by atoms with Gasteiger partial charge in [0, 0.05) is 23.9 Å². The first kappa shape index (κ1) is 38.7. The van der Waals surface area contributed by atoms with Crippen LogP contribution in [-0.2, 0) is 8.85 Å². The zero-order valence-electron chi connectivity index (χ0n) is 32.3. The Bertz CT molecular complexity index is 1360. The molecule has 0 amide bonds. The first-order valence-electron chi connectivity index (χ1n) is 18.5. The zero-order valence-corrected chi connectivity index (χ0v) is 35.1. The van der Waals surface area contributed by atoms with E-state index in [1.165, 1.54) is 54.6 Å². The molecule has 6 atom stereocenters. The molecule has 2 unspecified atom stereocenters. The molecule has 264 valence electrons. The second-order valence-electron chi connectivity index (χ2n) is 18.6. The smallest absolute Gasteiger partial charge is 0.192 e. The standard InChI is InChI=1S/C40H67NO3SSi2/c1-27(17-22-35(42)37-41-28(2)26-45-37)33-20-21-34-30(16-15-23-40(33,34)10)18-19-31-24-32(43-46(11,12)38(4,5)6)25-36(29(31)3)44-47(13,14)39(7,8)9/h18-19,26-27,32-34,36H,3,15-17,20-25H2,1-2,4-14H3/b30-18+,31-19-/t27-,32?,33-,34+,36?,40-/m1/s1. The summed E-state index contributed by atoms with van der Waals surface area (Å²) in [6.07, 6.45) is 14.7. The van der Waals surface area contributed by atoms with Crippen LogP contribution >= 0.6 is 11.3 Å². The van der Waals surface area contributed by atoms with Gasteiger partial charge in [0.1, 0.15) is 0 Å². The molecule has 1 heterocycles. The van der Waals surface area contributed by atoms with Crippen LogP contribution in [0.3, 0.4) is 0 Å². The fourth-order valence-corrected chi connectivity index (χ4v) is 11.6. The van der Waals surface area contributed by atoms with Crippen LogP contribution < -0.4 is 0 Å². The Kier molecular flexibility index (Phi) is 11.7. The van der Waals surface area contributed by atoms with Crippen LogP contribution in [0.15, 0.2) is 40.8 Å². The normalized spacial score (nSPS) is 30.2. The number of aromatic nitrogens is 1. The molecular weight excluding hydrogens is 631 g/mol. The van der Waals surface area contributed by atoms with E-state index in [-0.39, 0.29) is 28.1 Å². The lowest BCUT2D eigenvalue weighted by molar-refractivity contribution is 0.0855. The molecule has 3 aliphatic rings. The van der Waals surface area contributed by atoms with Gasteiger partial charge in [0.05, 0.1) is 12.2 Å². The highest BCUT2D eigenvalue weighted by Gasteiger charge is 2.51. The molecule has 0 aromatic carbocycles. The Morgan fingerprint density at radius 1 is 1.09 bits per heavy atom. The van der Waals surface area contributed by atoms with E-state index in [9.17, 15) is 4.79 Å². The molecule has 7 heteroatoms. The fourth-order valence-electron chi connectivity index (χ4n) is 8.13. The van der Waals surface area contributed by atoms with Crippen molar-refractivity contribution in [1.82, 2.24) is 4.98 Å². The van der Waals surface area contributed by atoms with Crippen molar-refractivity contribution in [2.45, 2.75) is 169 Å². The maximum absolute atomic E-state index is 12.9. The summed E-state index contributed by atoms with van der Waals surface area (Å²) in [7, 11) is -3.94. The molecule has 3 fully saturated rings. The quantitative estimate of drug-likeness (QED) is 0.180. The minimum atomic E-state index is -1.99. The van der Waals surface area contributed by atoms with Crippen molar-refractivity contribution in [1.29, 1.82) is 0 Å². The third kappa shape index (κ3) is 8.61. The van der Waals surface area contributed by atoms with E-state index in [1.54, 1.807) is 5.57 Å². The Morgan fingerprint density at radius 3 is 2.32 bits per heavy atom. The third-order valence-electron chi connectivity index (χ3n) is 13.1. The minimum absolute atomic E-state index is 0.00777. The van der Waals surface area contributed by atoms with Crippen LogP contribution in [0, 0.1) is 30.1 Å². The largest absolute Gasteiger partial charge is 0.413 e. The summed E-state index contributed by atoms with van der Waals surface area (Å²) in [5, 5.41) is 2.97. The van der Waals surface area contributed by atoms with E-state index in [4.69, 9.17) is 8.85 Å². The number of aryl methyl sites for hydroxylation is 1. The number of nitrogens with zero attached hydrogens (tertiary/aromatic N) is 1. The average molecular weight is 698 g/mol. The maximum Gasteiger partial charge on any atom is 0.192 e. The Morgan fingerprint density at radius 2 is 1.72 bits per heavy atom. The van der Waals surface area contributed by atoms with Crippen LogP contribution in [-0.4, -0.2) is 39.6 Å². The van der Waals surface area contributed by atoms with Gasteiger partial charge >= 0.3 is 0 Å². The molecule has 3 aliphatic carbocycles. The van der Waals surface area contributed by atoms with Crippen LogP contribution in [0.4, 0.5) is 0 Å². The topological polar surface area (TPSA) is 48.4 Å². The van der Waals surface area contributed by atoms with E-state index in [0.29, 0.717) is 34.6 Å². The number of allylic oxidation sites excluding steroid dienone is 3. The number of fused-ring (bicyclic) bond motifs is 1. The molecule has 3 saturated carbocycles. The SMILES string of the molecule is C=C1/C(=C\C=C2/CCC[C@]3(C)[C@@H]([C@H](C)CCC(=O)c4nc(C)cs4)CC[C@@H]23)CC(O[Si](C)(C)C(C)(C)C)CC1O[Si](C)(C)C(C)(C)C. The Labute approximate surface area is 294 Å². The highest BCUT2D eigenvalue weighted by atomic mass is 32.1. The highest BCUT2D eigenvalue weighted by molar-refractivity contribution is 7.11. The third-order valence-corrected chi connectivity index (χ3v) is 23.2. The number of carbonyl (C=O) groups is 1. The molecule has 0 aliphatic heterocycles. The summed E-state index contributed by atoms with van der Waals surface area (Å²) >= 11 is 1.49. The molecule has 0 radical (unpaired) electrons. The van der Waals surface area contributed by atoms with Gasteiger partial charge in [-0.05, 0) is 122 Å². The van der Waals surface area contributed by atoms with Gasteiger partial charge in [-0.3, -0.25) is 4.79 Å². The Hall–Kier alpha value is -1.13. The molecule has 0 N–H and O–H groups in total. The van der Waals surface area contributed by atoms with Gasteiger partial charge < -0.3 is 8.85 Å². The number of hydrogen-bond donors (Lipinski definition) is 0. The van der Waals surface area contributed by atoms with Crippen LogP contribution in [0.1, 0.15) is 129 Å². The Balaban J connectivity index is 1.54. The summed E-state index contributed by atoms with van der Waals surface area (Å²) in [5.74, 6) is 2.02. The predicted molar refractivity (Wildman–Crippen MR) is 206 cm³/mol. The number of Topliss-reactive ketones (excluding diaryl/α,β-unsaturated/α-hetero) is 1. The number of ketones is 1. The van der Waals surface area contributed by atoms with Crippen molar-refractivity contribution in [2.24, 2.45) is 23.2 Å². The summed E-state index contributed by atoms with van der Waals surface area (Å²) in [6, 6.07) is 0. The van der Waals surface area contributed by atoms with E-state index >= 15 is 0 Å². The first-order chi connectivity index (χ1) is 21.6. The van der Waals surface area contributed by atoms with E-state index in [2.05, 4.69) is 105 Å². The number of rotatable bonds is 10. The summed E-state index contributed by atoms with van der Waals surface area (Å²) in [4.78, 5) is 17.3. The first-order valence-corrected chi connectivity index (χ1v) is 25.1. The lowest BCUT2D eigenvalue weighted by Crippen LogP contribution is -2.49. The molecular formula is C40H67NO3SSi2. The van der Waals surface area contributed by atoms with Crippen LogP contribution in [0.2, 0.25) is 36.3 Å². The molecule has 1 aromatic heterocycles. The van der Waals surface area contributed by atoms with Crippen molar-refractivity contribution in [3.8, 4) is 0 Å². The summed E-state index contributed by atoms with van der Waals surface area (Å²) in [5.41, 5.74) is 5.36. The maximum atomic E-state index is 12.9. The van der Waals surface area contributed by atoms with Gasteiger partial charge in [-0.25, -0.2) is 4.98 Å². The van der Waals surface area contributed by atoms with E-state index < -0.39 is 16.6 Å². The van der Waals surface area contributed by atoms with Gasteiger partial charge in [0.15, 0.2) is 27.4 Å². The monoisotopic (exact) mass is 697 g/mol. The van der Waals surface area contributed by atoms with Gasteiger partial charge in [-0.2, -0.15) is 0 Å². The molecule has 1 aromatic rings. The summed E-state index contributed by atoms with van der Waals surface area (Å²) < 4.78 is 14.2. The zero-order chi connectivity index (χ0) is 35.2. The van der Waals surface area contributed by atoms with Crippen molar-refractivity contribution >= 4 is 33.8 Å². The lowest BCUT2D eigenvalue weighted by atomic mass is 9.60. The molecule has 4 rings (SSSR count). The summed E-state index contributed by atoms with van der Waals surface area (Å²) in [6.45, 7) is 35.1. The van der Waals surface area contributed by atoms with Gasteiger partial charge in [0.25, 0.3) is 0 Å². The van der Waals surface area contributed by atoms with Gasteiger partial charge in [0.2, 0.25) is 0 Å². The number of thiazole rings is 1. The van der Waals surface area contributed by atoms with Crippen LogP contribution in [0.25, 0.3) is 0 Å². The molecule has 0 spiro atoms. The number of hydrogen-bond acceptors (Lipinski definition) is 5. The van der Waals surface area contributed by atoms with Crippen molar-refractivity contribution in [3.63, 3.8) is 0 Å². The van der Waals surface area contributed by atoms with Crippen molar-refractivity contribution in [2.75, 3.05) is 0 Å². The van der Waals surface area contributed by atoms with E-state index in [0.717, 1.165) is 25.0 Å². The van der Waals surface area contributed by atoms with E-state index in [1.807, 2.05) is 12.3 Å². The lowest BCUT2D eigenvalue weighted by Gasteiger charge is -2.46. The fraction of sp³-hybridized carbons (Fsp3) is 0.750. The minimum Gasteiger partial charge on any atom is -0.413 e. The van der Waals surface area contributed by atoms with Crippen LogP contribution in [0.5, 0.6) is 0 Å². The highest BCUT2D eigenvalue weighted by Crippen LogP contribution is 2.60. The van der Waals surface area contributed by atoms with Crippen molar-refractivity contribution in [3.05, 3.63) is 51.5 Å².